The number of hydrogen-bond donors (Lipinski definition) is 0. The molecule has 2 rings (SSSR count). The van der Waals surface area contributed by atoms with Crippen LogP contribution in [0.25, 0.3) is 0 Å². The first-order valence-corrected chi connectivity index (χ1v) is 8.02. The molecule has 1 aliphatic rings. The van der Waals surface area contributed by atoms with Crippen LogP contribution in [0.4, 0.5) is 0 Å². The molecule has 1 saturated carbocycles. The van der Waals surface area contributed by atoms with Crippen LogP contribution in [0.2, 0.25) is 0 Å². The lowest BCUT2D eigenvalue weighted by Crippen LogP contribution is -2.32. The van der Waals surface area contributed by atoms with Crippen LogP contribution in [0.1, 0.15) is 41.9 Å². The second-order valence-corrected chi connectivity index (χ2v) is 6.53. The lowest BCUT2D eigenvalue weighted by atomic mass is 9.78. The van der Waals surface area contributed by atoms with E-state index in [1.807, 2.05) is 0 Å². The smallest absolute Gasteiger partial charge is 0.214 e. The van der Waals surface area contributed by atoms with Gasteiger partial charge in [-0.2, -0.15) is 0 Å². The number of halogens is 1. The molecule has 1 heterocycles. The molecule has 0 aromatic carbocycles. The van der Waals surface area contributed by atoms with Crippen molar-refractivity contribution in [2.75, 3.05) is 6.54 Å². The van der Waals surface area contributed by atoms with E-state index in [4.69, 9.17) is 0 Å². The Morgan fingerprint density at radius 3 is 2.74 bits per heavy atom. The van der Waals surface area contributed by atoms with E-state index in [1.165, 1.54) is 17.8 Å². The number of Topliss-reactive ketones (excluding diaryl/α,β-unsaturated/α-hetero) is 1. The average Bonchev–Trinajstić information content (AvgIpc) is 2.83. The molecule has 0 amide bonds. The SMILES string of the molecule is O=C(c1nc(Br)cs1)[C@H](C[N+](=O)[O-])C1CCCCC1. The molecule has 5 nitrogen and oxygen atoms in total. The molecule has 1 aliphatic carbocycles. The number of carbonyl (C=O) groups excluding carboxylic acids is 1. The predicted molar refractivity (Wildman–Crippen MR) is 76.1 cm³/mol. The zero-order valence-corrected chi connectivity index (χ0v) is 12.8. The minimum Gasteiger partial charge on any atom is -0.291 e. The zero-order chi connectivity index (χ0) is 13.8. The van der Waals surface area contributed by atoms with Gasteiger partial charge >= 0.3 is 0 Å². The topological polar surface area (TPSA) is 73.1 Å². The summed E-state index contributed by atoms with van der Waals surface area (Å²) in [5, 5.41) is 12.9. The van der Waals surface area contributed by atoms with Gasteiger partial charge in [-0.1, -0.05) is 19.3 Å². The number of hydrogen-bond acceptors (Lipinski definition) is 5. The van der Waals surface area contributed by atoms with E-state index < -0.39 is 5.92 Å². The molecule has 1 aromatic rings. The second kappa shape index (κ2) is 6.56. The van der Waals surface area contributed by atoms with Crippen molar-refractivity contribution in [1.29, 1.82) is 0 Å². The van der Waals surface area contributed by atoms with Gasteiger partial charge in [0.25, 0.3) is 0 Å². The predicted octanol–water partition coefficient (Wildman–Crippen LogP) is 3.56. The van der Waals surface area contributed by atoms with E-state index in [2.05, 4.69) is 20.9 Å². The standard InChI is InChI=1S/C12H15BrN2O3S/c13-10-7-19-12(14-10)11(16)9(6-15(17)18)8-4-2-1-3-5-8/h7-9H,1-6H2/t9-/m1/s1. The van der Waals surface area contributed by atoms with Gasteiger partial charge in [0.2, 0.25) is 12.3 Å². The molecule has 0 N–H and O–H groups in total. The monoisotopic (exact) mass is 346 g/mol. The van der Waals surface area contributed by atoms with Gasteiger partial charge in [-0.3, -0.25) is 14.9 Å². The van der Waals surface area contributed by atoms with E-state index in [1.54, 1.807) is 5.38 Å². The number of ketones is 1. The second-order valence-electron chi connectivity index (χ2n) is 4.86. The third-order valence-electron chi connectivity index (χ3n) is 3.59. The minimum absolute atomic E-state index is 0.134. The third-order valence-corrected chi connectivity index (χ3v) is 5.15. The Morgan fingerprint density at radius 2 is 2.21 bits per heavy atom. The van der Waals surface area contributed by atoms with E-state index >= 15 is 0 Å². The van der Waals surface area contributed by atoms with E-state index in [9.17, 15) is 14.9 Å². The maximum Gasteiger partial charge on any atom is 0.214 e. The van der Waals surface area contributed by atoms with Crippen LogP contribution >= 0.6 is 27.3 Å². The number of nitrogens with zero attached hydrogens (tertiary/aromatic N) is 2. The van der Waals surface area contributed by atoms with E-state index in [0.717, 1.165) is 25.7 Å². The summed E-state index contributed by atoms with van der Waals surface area (Å²) in [6.07, 6.45) is 5.12. The first-order valence-electron chi connectivity index (χ1n) is 6.35. The average molecular weight is 347 g/mol. The maximum absolute atomic E-state index is 12.4. The van der Waals surface area contributed by atoms with E-state index in [-0.39, 0.29) is 23.2 Å². The van der Waals surface area contributed by atoms with Crippen LogP contribution in [-0.2, 0) is 0 Å². The Labute approximate surface area is 123 Å². The van der Waals surface area contributed by atoms with Gasteiger partial charge < -0.3 is 0 Å². The highest BCUT2D eigenvalue weighted by Crippen LogP contribution is 2.33. The number of aromatic nitrogens is 1. The van der Waals surface area contributed by atoms with Crippen molar-refractivity contribution in [3.05, 3.63) is 25.1 Å². The van der Waals surface area contributed by atoms with Crippen LogP contribution in [0.15, 0.2) is 9.98 Å². The molecule has 19 heavy (non-hydrogen) atoms. The molecule has 1 aromatic heterocycles. The summed E-state index contributed by atoms with van der Waals surface area (Å²) < 4.78 is 0.615. The fourth-order valence-corrected chi connectivity index (χ4v) is 3.92. The van der Waals surface area contributed by atoms with Crippen molar-refractivity contribution in [2.24, 2.45) is 11.8 Å². The Balaban J connectivity index is 2.16. The largest absolute Gasteiger partial charge is 0.291 e. The highest BCUT2D eigenvalue weighted by molar-refractivity contribution is 9.10. The Hall–Kier alpha value is -0.820. The molecular weight excluding hydrogens is 332 g/mol. The summed E-state index contributed by atoms with van der Waals surface area (Å²) >= 11 is 4.46. The first kappa shape index (κ1) is 14.6. The van der Waals surface area contributed by atoms with Crippen molar-refractivity contribution in [1.82, 2.24) is 4.98 Å². The van der Waals surface area contributed by atoms with Gasteiger partial charge in [0, 0.05) is 10.3 Å². The Morgan fingerprint density at radius 1 is 1.53 bits per heavy atom. The van der Waals surface area contributed by atoms with Crippen molar-refractivity contribution >= 4 is 33.0 Å². The Kier molecular flexibility index (Phi) is 5.04. The van der Waals surface area contributed by atoms with Gasteiger partial charge in [0.1, 0.15) is 4.60 Å². The molecule has 1 atom stereocenters. The normalized spacial score (nSPS) is 18.2. The molecule has 0 aliphatic heterocycles. The highest BCUT2D eigenvalue weighted by atomic mass is 79.9. The van der Waals surface area contributed by atoms with Gasteiger partial charge in [-0.15, -0.1) is 11.3 Å². The van der Waals surface area contributed by atoms with Crippen LogP contribution in [0, 0.1) is 22.0 Å². The van der Waals surface area contributed by atoms with Crippen LogP contribution in [0.3, 0.4) is 0 Å². The van der Waals surface area contributed by atoms with Crippen molar-refractivity contribution in [3.63, 3.8) is 0 Å². The lowest BCUT2D eigenvalue weighted by Gasteiger charge is -2.26. The van der Waals surface area contributed by atoms with Crippen LogP contribution in [0.5, 0.6) is 0 Å². The molecule has 104 valence electrons. The van der Waals surface area contributed by atoms with Gasteiger partial charge in [0.05, 0.1) is 5.92 Å². The molecule has 7 heteroatoms. The highest BCUT2D eigenvalue weighted by Gasteiger charge is 2.35. The van der Waals surface area contributed by atoms with Gasteiger partial charge in [-0.05, 0) is 34.7 Å². The van der Waals surface area contributed by atoms with Crippen LogP contribution < -0.4 is 0 Å². The number of carbonyl (C=O) groups is 1. The lowest BCUT2D eigenvalue weighted by molar-refractivity contribution is -0.487. The van der Waals surface area contributed by atoms with Gasteiger partial charge in [0.15, 0.2) is 5.01 Å². The summed E-state index contributed by atoms with van der Waals surface area (Å²) in [6, 6.07) is 0. The summed E-state index contributed by atoms with van der Waals surface area (Å²) in [5.41, 5.74) is 0. The van der Waals surface area contributed by atoms with Gasteiger partial charge in [-0.25, -0.2) is 4.98 Å². The number of rotatable bonds is 5. The minimum atomic E-state index is -0.520. The van der Waals surface area contributed by atoms with E-state index in [0.29, 0.717) is 9.61 Å². The first-order chi connectivity index (χ1) is 9.08. The summed E-state index contributed by atoms with van der Waals surface area (Å²) in [5.74, 6) is -0.554. The molecule has 0 radical (unpaired) electrons. The maximum atomic E-state index is 12.4. The summed E-state index contributed by atoms with van der Waals surface area (Å²) in [4.78, 5) is 27.0. The Bertz CT molecular complexity index is 471. The third kappa shape index (κ3) is 3.82. The van der Waals surface area contributed by atoms with Crippen molar-refractivity contribution in [2.45, 2.75) is 32.1 Å². The molecule has 0 unspecified atom stereocenters. The zero-order valence-electron chi connectivity index (χ0n) is 10.4. The molecule has 0 bridgehead atoms. The van der Waals surface area contributed by atoms with Crippen molar-refractivity contribution in [3.8, 4) is 0 Å². The van der Waals surface area contributed by atoms with Crippen LogP contribution in [-0.4, -0.2) is 22.2 Å². The quantitative estimate of drug-likeness (QED) is 0.464. The number of nitro groups is 1. The summed E-state index contributed by atoms with van der Waals surface area (Å²) in [7, 11) is 0. The number of thiazole rings is 1. The molecule has 0 spiro atoms. The summed E-state index contributed by atoms with van der Waals surface area (Å²) in [6.45, 7) is -0.277. The molecule has 0 saturated heterocycles. The fraction of sp³-hybridized carbons (Fsp3) is 0.667. The molecular formula is C12H15BrN2O3S. The fourth-order valence-electron chi connectivity index (χ4n) is 2.67. The van der Waals surface area contributed by atoms with Crippen molar-refractivity contribution < 1.29 is 9.72 Å². The molecule has 1 fully saturated rings.